The highest BCUT2D eigenvalue weighted by atomic mass is 16.5. The molecule has 0 aliphatic carbocycles. The Morgan fingerprint density at radius 2 is 1.46 bits per heavy atom. The Kier molecular flexibility index (Phi) is 12.2. The lowest BCUT2D eigenvalue weighted by Crippen LogP contribution is -2.56. The Bertz CT molecular complexity index is 316. The topological polar surface area (TPSA) is 58.6 Å². The first-order chi connectivity index (χ1) is 11.7. The van der Waals surface area contributed by atoms with Crippen LogP contribution < -0.4 is 5.32 Å². The van der Waals surface area contributed by atoms with Crippen LogP contribution in [0.4, 0.5) is 0 Å². The highest BCUT2D eigenvalue weighted by Crippen LogP contribution is 2.32. The molecule has 0 aromatic heterocycles. The van der Waals surface area contributed by atoms with Crippen LogP contribution in [-0.4, -0.2) is 36.4 Å². The van der Waals surface area contributed by atoms with Crippen molar-refractivity contribution in [2.24, 2.45) is 0 Å². The monoisotopic (exact) mass is 341 g/mol. The molecule has 1 aliphatic rings. The number of ether oxygens (including phenoxy) is 1. The van der Waals surface area contributed by atoms with Gasteiger partial charge >= 0.3 is 0 Å². The second kappa shape index (κ2) is 13.7. The van der Waals surface area contributed by atoms with Crippen molar-refractivity contribution in [2.45, 2.75) is 102 Å². The van der Waals surface area contributed by atoms with Crippen LogP contribution in [0.25, 0.3) is 0 Å². The van der Waals surface area contributed by atoms with Crippen molar-refractivity contribution in [3.05, 3.63) is 0 Å². The van der Waals surface area contributed by atoms with E-state index in [0.717, 1.165) is 19.3 Å². The van der Waals surface area contributed by atoms with Gasteiger partial charge in [0.15, 0.2) is 0 Å². The quantitative estimate of drug-likeness (QED) is 0.410. The minimum atomic E-state index is -0.590. The van der Waals surface area contributed by atoms with Crippen LogP contribution in [0.1, 0.15) is 96.8 Å². The Hall–Kier alpha value is -0.610. The van der Waals surface area contributed by atoms with Gasteiger partial charge in [0.1, 0.15) is 5.60 Å². The summed E-state index contributed by atoms with van der Waals surface area (Å²) in [6, 6.07) is 0. The third-order valence-electron chi connectivity index (χ3n) is 5.13. The van der Waals surface area contributed by atoms with Crippen LogP contribution in [0.2, 0.25) is 0 Å². The number of carbonyl (C=O) groups excluding carboxylic acids is 1. The molecule has 1 amide bonds. The van der Waals surface area contributed by atoms with E-state index in [2.05, 4.69) is 12.2 Å². The van der Waals surface area contributed by atoms with Gasteiger partial charge in [0.2, 0.25) is 0 Å². The van der Waals surface area contributed by atoms with Crippen molar-refractivity contribution in [3.8, 4) is 0 Å². The predicted molar refractivity (Wildman–Crippen MR) is 99.1 cm³/mol. The summed E-state index contributed by atoms with van der Waals surface area (Å²) in [5, 5.41) is 11.6. The van der Waals surface area contributed by atoms with Crippen LogP contribution in [-0.2, 0) is 9.53 Å². The van der Waals surface area contributed by atoms with E-state index >= 15 is 0 Å². The number of aliphatic hydroxyl groups is 1. The molecule has 142 valence electrons. The fourth-order valence-electron chi connectivity index (χ4n) is 3.42. The average Bonchev–Trinajstić information content (AvgIpc) is 2.55. The number of carbonyl (C=O) groups is 1. The molecule has 0 radical (unpaired) electrons. The Labute approximate surface area is 148 Å². The fourth-order valence-corrected chi connectivity index (χ4v) is 3.42. The minimum Gasteiger partial charge on any atom is -0.395 e. The van der Waals surface area contributed by atoms with E-state index in [9.17, 15) is 4.79 Å². The Morgan fingerprint density at radius 1 is 0.958 bits per heavy atom. The lowest BCUT2D eigenvalue weighted by molar-refractivity contribution is -0.179. The Balaban J connectivity index is 1.93. The summed E-state index contributed by atoms with van der Waals surface area (Å²) in [4.78, 5) is 12.1. The van der Waals surface area contributed by atoms with Gasteiger partial charge in [0, 0.05) is 13.0 Å². The van der Waals surface area contributed by atoms with Gasteiger partial charge in [-0.15, -0.1) is 0 Å². The van der Waals surface area contributed by atoms with E-state index in [1.807, 2.05) is 0 Å². The number of rotatable bonds is 16. The maximum absolute atomic E-state index is 12.1. The molecule has 1 fully saturated rings. The molecule has 4 nitrogen and oxygen atoms in total. The number of unbranched alkanes of at least 4 members (excludes halogenated alkanes) is 11. The molecule has 1 saturated heterocycles. The standard InChI is InChI=1S/C20H39NO3/c1-2-3-4-5-6-7-8-9-10-11-12-13-14-20(15-18-24-20)19(23)21-16-17-22/h22H,2-18H2,1H3,(H,21,23). The number of nitrogens with one attached hydrogen (secondary N) is 1. The van der Waals surface area contributed by atoms with Crippen molar-refractivity contribution < 1.29 is 14.6 Å². The molecule has 1 atom stereocenters. The lowest BCUT2D eigenvalue weighted by Gasteiger charge is -2.40. The zero-order chi connectivity index (χ0) is 17.5. The molecule has 4 heteroatoms. The third kappa shape index (κ3) is 8.48. The van der Waals surface area contributed by atoms with Crippen LogP contribution in [0.5, 0.6) is 0 Å². The maximum Gasteiger partial charge on any atom is 0.252 e. The van der Waals surface area contributed by atoms with Crippen molar-refractivity contribution in [3.63, 3.8) is 0 Å². The summed E-state index contributed by atoms with van der Waals surface area (Å²) in [6.07, 6.45) is 17.6. The molecule has 0 aromatic rings. The van der Waals surface area contributed by atoms with E-state index in [-0.39, 0.29) is 12.5 Å². The van der Waals surface area contributed by atoms with E-state index in [1.54, 1.807) is 0 Å². The molecule has 1 aliphatic heterocycles. The van der Waals surface area contributed by atoms with Crippen LogP contribution >= 0.6 is 0 Å². The molecule has 1 rings (SSSR count). The van der Waals surface area contributed by atoms with E-state index in [1.165, 1.54) is 70.6 Å². The summed E-state index contributed by atoms with van der Waals surface area (Å²) in [7, 11) is 0. The first-order valence-electron chi connectivity index (χ1n) is 10.3. The molecule has 0 aromatic carbocycles. The smallest absolute Gasteiger partial charge is 0.252 e. The fraction of sp³-hybridized carbons (Fsp3) is 0.950. The number of hydrogen-bond donors (Lipinski definition) is 2. The van der Waals surface area contributed by atoms with Gasteiger partial charge in [-0.05, 0) is 6.42 Å². The van der Waals surface area contributed by atoms with E-state index < -0.39 is 5.60 Å². The van der Waals surface area contributed by atoms with Gasteiger partial charge in [-0.25, -0.2) is 0 Å². The Morgan fingerprint density at radius 3 is 1.88 bits per heavy atom. The maximum atomic E-state index is 12.1. The summed E-state index contributed by atoms with van der Waals surface area (Å²) in [5.41, 5.74) is -0.590. The van der Waals surface area contributed by atoms with Crippen molar-refractivity contribution in [1.82, 2.24) is 5.32 Å². The lowest BCUT2D eigenvalue weighted by atomic mass is 9.87. The normalized spacial score (nSPS) is 19.9. The molecule has 0 saturated carbocycles. The summed E-state index contributed by atoms with van der Waals surface area (Å²) in [5.74, 6) is -0.0362. The summed E-state index contributed by atoms with van der Waals surface area (Å²) in [6.45, 7) is 3.26. The molecule has 0 spiro atoms. The van der Waals surface area contributed by atoms with Gasteiger partial charge in [0.25, 0.3) is 5.91 Å². The van der Waals surface area contributed by atoms with E-state index in [4.69, 9.17) is 9.84 Å². The third-order valence-corrected chi connectivity index (χ3v) is 5.13. The van der Waals surface area contributed by atoms with E-state index in [0.29, 0.717) is 13.2 Å². The minimum absolute atomic E-state index is 0.0135. The highest BCUT2D eigenvalue weighted by Gasteiger charge is 2.44. The number of aliphatic hydroxyl groups excluding tert-OH is 1. The van der Waals surface area contributed by atoms with Crippen molar-refractivity contribution in [2.75, 3.05) is 19.8 Å². The van der Waals surface area contributed by atoms with Gasteiger partial charge in [0.05, 0.1) is 13.2 Å². The first-order valence-corrected chi connectivity index (χ1v) is 10.3. The molecule has 0 bridgehead atoms. The van der Waals surface area contributed by atoms with Crippen molar-refractivity contribution in [1.29, 1.82) is 0 Å². The molecule has 1 unspecified atom stereocenters. The van der Waals surface area contributed by atoms with Gasteiger partial charge in [-0.2, -0.15) is 0 Å². The molecule has 2 N–H and O–H groups in total. The molecule has 1 heterocycles. The summed E-state index contributed by atoms with van der Waals surface area (Å²) < 4.78 is 5.58. The molecular formula is C20H39NO3. The highest BCUT2D eigenvalue weighted by molar-refractivity contribution is 5.85. The molecular weight excluding hydrogens is 302 g/mol. The van der Waals surface area contributed by atoms with Crippen LogP contribution in [0.15, 0.2) is 0 Å². The van der Waals surface area contributed by atoms with Gasteiger partial charge in [-0.3, -0.25) is 4.79 Å². The number of hydrogen-bond acceptors (Lipinski definition) is 3. The van der Waals surface area contributed by atoms with Gasteiger partial charge in [-0.1, -0.05) is 84.0 Å². The van der Waals surface area contributed by atoms with Crippen molar-refractivity contribution >= 4 is 5.91 Å². The SMILES string of the molecule is CCCCCCCCCCCCCCC1(C(=O)NCCO)CCO1. The van der Waals surface area contributed by atoms with Crippen LogP contribution in [0.3, 0.4) is 0 Å². The second-order valence-electron chi connectivity index (χ2n) is 7.21. The van der Waals surface area contributed by atoms with Gasteiger partial charge < -0.3 is 15.2 Å². The van der Waals surface area contributed by atoms with Crippen LogP contribution in [0, 0.1) is 0 Å². The first kappa shape index (κ1) is 21.4. The predicted octanol–water partition coefficient (Wildman–Crippen LogP) is 4.35. The second-order valence-corrected chi connectivity index (χ2v) is 7.21. The summed E-state index contributed by atoms with van der Waals surface area (Å²) >= 11 is 0. The largest absolute Gasteiger partial charge is 0.395 e. The zero-order valence-electron chi connectivity index (χ0n) is 15.8. The average molecular weight is 342 g/mol. The number of amides is 1. The zero-order valence-corrected chi connectivity index (χ0v) is 15.8. The molecule has 24 heavy (non-hydrogen) atoms.